The first kappa shape index (κ1) is 14.2. The molecule has 0 saturated carbocycles. The van der Waals surface area contributed by atoms with Crippen LogP contribution in [0.2, 0.25) is 0 Å². The van der Waals surface area contributed by atoms with Crippen LogP contribution in [-0.2, 0) is 19.1 Å². The molecule has 2 N–H and O–H groups in total. The van der Waals surface area contributed by atoms with E-state index in [1.807, 2.05) is 0 Å². The van der Waals surface area contributed by atoms with Gasteiger partial charge in [-0.3, -0.25) is 9.59 Å². The lowest BCUT2D eigenvalue weighted by molar-refractivity contribution is -0.145. The zero-order valence-electron chi connectivity index (χ0n) is 10.6. The zero-order chi connectivity index (χ0) is 13.7. The Balaban J connectivity index is 2.59. The third kappa shape index (κ3) is 3.87. The summed E-state index contributed by atoms with van der Waals surface area (Å²) < 4.78 is 4.62. The van der Waals surface area contributed by atoms with E-state index in [2.05, 4.69) is 21.9 Å². The van der Waals surface area contributed by atoms with Gasteiger partial charge in [-0.1, -0.05) is 5.57 Å². The highest BCUT2D eigenvalue weighted by Crippen LogP contribution is 2.09. The molecule has 1 rings (SSSR count). The Morgan fingerprint density at radius 1 is 1.61 bits per heavy atom. The molecule has 6 nitrogen and oxygen atoms in total. The summed E-state index contributed by atoms with van der Waals surface area (Å²) >= 11 is 0. The lowest BCUT2D eigenvalue weighted by Gasteiger charge is -2.18. The predicted octanol–water partition coefficient (Wildman–Crippen LogP) is -0.111. The van der Waals surface area contributed by atoms with Crippen LogP contribution in [0, 0.1) is 0 Å². The van der Waals surface area contributed by atoms with Gasteiger partial charge in [0.1, 0.15) is 12.1 Å². The summed E-state index contributed by atoms with van der Waals surface area (Å²) in [5.41, 5.74) is 0.765. The van der Waals surface area contributed by atoms with Gasteiger partial charge in [0.2, 0.25) is 11.8 Å². The molecule has 0 unspecified atom stereocenters. The molecule has 1 aliphatic rings. The van der Waals surface area contributed by atoms with E-state index in [1.54, 1.807) is 6.92 Å². The van der Waals surface area contributed by atoms with Crippen molar-refractivity contribution in [3.8, 4) is 0 Å². The van der Waals surface area contributed by atoms with Gasteiger partial charge < -0.3 is 15.4 Å². The molecule has 0 aromatic heterocycles. The summed E-state index contributed by atoms with van der Waals surface area (Å²) in [4.78, 5) is 34.4. The molecule has 0 radical (unpaired) electrons. The van der Waals surface area contributed by atoms with Crippen LogP contribution < -0.4 is 10.6 Å². The molecule has 1 saturated heterocycles. The summed E-state index contributed by atoms with van der Waals surface area (Å²) in [5.74, 6) is -1.03. The fraction of sp³-hybridized carbons (Fsp3) is 0.583. The number of carbonyl (C=O) groups excluding carboxylic acids is 3. The van der Waals surface area contributed by atoms with Crippen LogP contribution in [0.3, 0.4) is 0 Å². The Labute approximate surface area is 106 Å². The van der Waals surface area contributed by atoms with Crippen LogP contribution in [0.1, 0.15) is 26.2 Å². The molecule has 0 bridgehead atoms. The van der Waals surface area contributed by atoms with Gasteiger partial charge >= 0.3 is 5.97 Å². The molecule has 0 spiro atoms. The molecular weight excluding hydrogens is 236 g/mol. The summed E-state index contributed by atoms with van der Waals surface area (Å²) in [6.07, 6.45) is 1.10. The minimum atomic E-state index is -0.752. The first-order chi connectivity index (χ1) is 8.43. The number of hydrogen-bond acceptors (Lipinski definition) is 4. The van der Waals surface area contributed by atoms with Gasteiger partial charge in [-0.15, -0.1) is 6.58 Å². The molecule has 0 aromatic carbocycles. The molecule has 0 aromatic rings. The van der Waals surface area contributed by atoms with Crippen LogP contribution in [0.15, 0.2) is 12.2 Å². The van der Waals surface area contributed by atoms with Crippen molar-refractivity contribution in [2.75, 3.05) is 7.11 Å². The monoisotopic (exact) mass is 254 g/mol. The second-order valence-corrected chi connectivity index (χ2v) is 4.40. The topological polar surface area (TPSA) is 84.5 Å². The van der Waals surface area contributed by atoms with E-state index in [0.29, 0.717) is 19.3 Å². The number of nitrogens with one attached hydrogen (secondary N) is 2. The van der Waals surface area contributed by atoms with Crippen LogP contribution >= 0.6 is 0 Å². The van der Waals surface area contributed by atoms with Crippen molar-refractivity contribution in [2.24, 2.45) is 0 Å². The van der Waals surface area contributed by atoms with Gasteiger partial charge in [-0.2, -0.15) is 0 Å². The molecule has 1 fully saturated rings. The quantitative estimate of drug-likeness (QED) is 0.529. The Morgan fingerprint density at radius 3 is 2.72 bits per heavy atom. The summed E-state index contributed by atoms with van der Waals surface area (Å²) in [7, 11) is 1.26. The van der Waals surface area contributed by atoms with Crippen LogP contribution in [0.25, 0.3) is 0 Å². The summed E-state index contributed by atoms with van der Waals surface area (Å²) in [6.45, 7) is 5.46. The predicted molar refractivity (Wildman–Crippen MR) is 64.5 cm³/mol. The fourth-order valence-corrected chi connectivity index (χ4v) is 1.77. The van der Waals surface area contributed by atoms with Crippen molar-refractivity contribution in [1.29, 1.82) is 0 Å². The lowest BCUT2D eigenvalue weighted by Crippen LogP contribution is -2.49. The number of methoxy groups -OCH3 is 1. The zero-order valence-corrected chi connectivity index (χ0v) is 10.6. The average Bonchev–Trinajstić information content (AvgIpc) is 2.73. The number of rotatable bonds is 5. The maximum absolute atomic E-state index is 11.8. The van der Waals surface area contributed by atoms with Gasteiger partial charge in [0.25, 0.3) is 0 Å². The minimum Gasteiger partial charge on any atom is -0.467 e. The third-order valence-corrected chi connectivity index (χ3v) is 2.67. The SMILES string of the molecule is C=C(C)C[C@H](NC(=O)[C@H]1CCC(=O)N1)C(=O)OC. The highest BCUT2D eigenvalue weighted by atomic mass is 16.5. The number of ether oxygens (including phenoxy) is 1. The molecule has 18 heavy (non-hydrogen) atoms. The third-order valence-electron chi connectivity index (χ3n) is 2.67. The Kier molecular flexibility index (Phi) is 4.88. The van der Waals surface area contributed by atoms with Crippen molar-refractivity contribution >= 4 is 17.8 Å². The molecule has 100 valence electrons. The number of hydrogen-bond donors (Lipinski definition) is 2. The first-order valence-electron chi connectivity index (χ1n) is 5.76. The van der Waals surface area contributed by atoms with Crippen LogP contribution in [-0.4, -0.2) is 37.0 Å². The Hall–Kier alpha value is -1.85. The fourth-order valence-electron chi connectivity index (χ4n) is 1.77. The van der Waals surface area contributed by atoms with Gasteiger partial charge in [0.15, 0.2) is 0 Å². The van der Waals surface area contributed by atoms with E-state index in [1.165, 1.54) is 7.11 Å². The molecule has 2 atom stereocenters. The van der Waals surface area contributed by atoms with E-state index in [4.69, 9.17) is 0 Å². The Morgan fingerprint density at radius 2 is 2.28 bits per heavy atom. The number of carbonyl (C=O) groups is 3. The summed E-state index contributed by atoms with van der Waals surface area (Å²) in [6, 6.07) is -1.31. The van der Waals surface area contributed by atoms with Crippen LogP contribution in [0.4, 0.5) is 0 Å². The molecule has 2 amide bonds. The number of esters is 1. The van der Waals surface area contributed by atoms with Gasteiger partial charge in [0, 0.05) is 6.42 Å². The Bertz CT molecular complexity index is 378. The van der Waals surface area contributed by atoms with E-state index < -0.39 is 18.1 Å². The van der Waals surface area contributed by atoms with E-state index in [9.17, 15) is 14.4 Å². The van der Waals surface area contributed by atoms with Gasteiger partial charge in [0.05, 0.1) is 7.11 Å². The smallest absolute Gasteiger partial charge is 0.328 e. The first-order valence-corrected chi connectivity index (χ1v) is 5.76. The maximum atomic E-state index is 11.8. The van der Waals surface area contributed by atoms with Gasteiger partial charge in [-0.05, 0) is 19.8 Å². The lowest BCUT2D eigenvalue weighted by atomic mass is 10.1. The average molecular weight is 254 g/mol. The second-order valence-electron chi connectivity index (χ2n) is 4.40. The number of amides is 2. The molecule has 6 heteroatoms. The highest BCUT2D eigenvalue weighted by molar-refractivity contribution is 5.93. The molecule has 1 heterocycles. The summed E-state index contributed by atoms with van der Waals surface area (Å²) in [5, 5.41) is 5.12. The van der Waals surface area contributed by atoms with E-state index in [0.717, 1.165) is 5.57 Å². The maximum Gasteiger partial charge on any atom is 0.328 e. The van der Waals surface area contributed by atoms with Gasteiger partial charge in [-0.25, -0.2) is 4.79 Å². The van der Waals surface area contributed by atoms with E-state index in [-0.39, 0.29) is 11.8 Å². The van der Waals surface area contributed by atoms with Crippen molar-refractivity contribution in [1.82, 2.24) is 10.6 Å². The van der Waals surface area contributed by atoms with Crippen molar-refractivity contribution < 1.29 is 19.1 Å². The van der Waals surface area contributed by atoms with Crippen molar-refractivity contribution in [2.45, 2.75) is 38.3 Å². The van der Waals surface area contributed by atoms with Crippen molar-refractivity contribution in [3.63, 3.8) is 0 Å². The normalized spacial score (nSPS) is 19.9. The van der Waals surface area contributed by atoms with E-state index >= 15 is 0 Å². The standard InChI is InChI=1S/C12H18N2O4/c1-7(2)6-9(12(17)18-3)14-11(16)8-4-5-10(15)13-8/h8-9H,1,4-6H2,2-3H3,(H,13,15)(H,14,16)/t8-,9+/m1/s1. The highest BCUT2D eigenvalue weighted by Gasteiger charge is 2.30. The molecule has 1 aliphatic heterocycles. The second kappa shape index (κ2) is 6.18. The van der Waals surface area contributed by atoms with Crippen molar-refractivity contribution in [3.05, 3.63) is 12.2 Å². The largest absolute Gasteiger partial charge is 0.467 e. The minimum absolute atomic E-state index is 0.148. The molecular formula is C12H18N2O4. The van der Waals surface area contributed by atoms with Crippen LogP contribution in [0.5, 0.6) is 0 Å². The molecule has 0 aliphatic carbocycles.